The van der Waals surface area contributed by atoms with Crippen molar-refractivity contribution < 1.29 is 4.79 Å². The number of hydrogen-bond acceptors (Lipinski definition) is 3. The molecule has 0 fully saturated rings. The lowest BCUT2D eigenvalue weighted by atomic mass is 10.3. The Hall–Kier alpha value is -1.14. The van der Waals surface area contributed by atoms with E-state index in [1.165, 1.54) is 11.3 Å². The van der Waals surface area contributed by atoms with E-state index in [0.29, 0.717) is 11.3 Å². The van der Waals surface area contributed by atoms with E-state index in [2.05, 4.69) is 26.3 Å². The zero-order valence-corrected chi connectivity index (χ0v) is 11.0. The van der Waals surface area contributed by atoms with E-state index in [-0.39, 0.29) is 5.91 Å². The number of carbonyl (C=O) groups excluding carboxylic acids is 1. The number of aryl methyl sites for hydroxylation is 1. The van der Waals surface area contributed by atoms with Crippen molar-refractivity contribution in [3.8, 4) is 0 Å². The lowest BCUT2D eigenvalue weighted by molar-refractivity contribution is 0.102. The second kappa shape index (κ2) is 4.80. The second-order valence-corrected chi connectivity index (χ2v) is 5.47. The van der Waals surface area contributed by atoms with Gasteiger partial charge in [0.1, 0.15) is 0 Å². The van der Waals surface area contributed by atoms with Crippen LogP contribution < -0.4 is 5.32 Å². The first kappa shape index (κ1) is 11.3. The Morgan fingerprint density at radius 1 is 1.69 bits per heavy atom. The SMILES string of the molecule is CCn1cc(NC(=O)c2csc(Br)c2)cn1. The summed E-state index contributed by atoms with van der Waals surface area (Å²) in [5.74, 6) is -0.113. The number of rotatable bonds is 3. The van der Waals surface area contributed by atoms with Crippen molar-refractivity contribution in [1.29, 1.82) is 0 Å². The summed E-state index contributed by atoms with van der Waals surface area (Å²) in [6, 6.07) is 1.80. The van der Waals surface area contributed by atoms with E-state index in [4.69, 9.17) is 0 Å². The van der Waals surface area contributed by atoms with E-state index >= 15 is 0 Å². The summed E-state index contributed by atoms with van der Waals surface area (Å²) in [4.78, 5) is 11.8. The highest BCUT2D eigenvalue weighted by Gasteiger charge is 2.08. The first-order valence-electron chi connectivity index (χ1n) is 4.77. The first-order chi connectivity index (χ1) is 7.69. The van der Waals surface area contributed by atoms with Gasteiger partial charge in [-0.05, 0) is 28.9 Å². The Morgan fingerprint density at radius 3 is 3.06 bits per heavy atom. The van der Waals surface area contributed by atoms with E-state index in [1.54, 1.807) is 23.1 Å². The van der Waals surface area contributed by atoms with Crippen LogP contribution >= 0.6 is 27.3 Å². The summed E-state index contributed by atoms with van der Waals surface area (Å²) < 4.78 is 2.71. The van der Waals surface area contributed by atoms with Gasteiger partial charge in [-0.15, -0.1) is 11.3 Å². The molecule has 1 amide bonds. The molecule has 2 aromatic heterocycles. The Morgan fingerprint density at radius 2 is 2.50 bits per heavy atom. The highest BCUT2D eigenvalue weighted by molar-refractivity contribution is 9.11. The summed E-state index contributed by atoms with van der Waals surface area (Å²) in [5, 5.41) is 8.68. The van der Waals surface area contributed by atoms with E-state index in [0.717, 1.165) is 10.3 Å². The Kier molecular flexibility index (Phi) is 3.40. The van der Waals surface area contributed by atoms with Crippen LogP contribution in [0.25, 0.3) is 0 Å². The molecule has 0 saturated heterocycles. The first-order valence-corrected chi connectivity index (χ1v) is 6.44. The number of thiophene rings is 1. The van der Waals surface area contributed by atoms with Gasteiger partial charge in [0.15, 0.2) is 0 Å². The second-order valence-electron chi connectivity index (χ2n) is 3.18. The van der Waals surface area contributed by atoms with Gasteiger partial charge in [0, 0.05) is 18.1 Å². The van der Waals surface area contributed by atoms with Gasteiger partial charge >= 0.3 is 0 Å². The van der Waals surface area contributed by atoms with Crippen LogP contribution in [0.5, 0.6) is 0 Å². The number of amides is 1. The zero-order valence-electron chi connectivity index (χ0n) is 8.61. The Labute approximate surface area is 105 Å². The van der Waals surface area contributed by atoms with Crippen LogP contribution in [0.15, 0.2) is 27.6 Å². The predicted molar refractivity (Wildman–Crippen MR) is 67.9 cm³/mol. The molecular formula is C10H10BrN3OS. The number of hydrogen-bond donors (Lipinski definition) is 1. The maximum absolute atomic E-state index is 11.8. The van der Waals surface area contributed by atoms with Gasteiger partial charge in [0.2, 0.25) is 0 Å². The summed E-state index contributed by atoms with van der Waals surface area (Å²) >= 11 is 4.81. The molecule has 0 aliphatic carbocycles. The van der Waals surface area contributed by atoms with E-state index in [1.807, 2.05) is 12.3 Å². The fourth-order valence-corrected chi connectivity index (χ4v) is 2.37. The van der Waals surface area contributed by atoms with Crippen LogP contribution in [0, 0.1) is 0 Å². The zero-order chi connectivity index (χ0) is 11.5. The highest BCUT2D eigenvalue weighted by atomic mass is 79.9. The molecular weight excluding hydrogens is 290 g/mol. The average molecular weight is 300 g/mol. The van der Waals surface area contributed by atoms with Crippen molar-refractivity contribution in [3.63, 3.8) is 0 Å². The van der Waals surface area contributed by atoms with Gasteiger partial charge in [-0.1, -0.05) is 0 Å². The Balaban J connectivity index is 2.07. The van der Waals surface area contributed by atoms with Crippen LogP contribution in [0.1, 0.15) is 17.3 Å². The quantitative estimate of drug-likeness (QED) is 0.947. The maximum atomic E-state index is 11.8. The van der Waals surface area contributed by atoms with Gasteiger partial charge in [-0.3, -0.25) is 9.48 Å². The van der Waals surface area contributed by atoms with Gasteiger partial charge in [-0.25, -0.2) is 0 Å². The molecule has 0 bridgehead atoms. The number of carbonyl (C=O) groups is 1. The number of aromatic nitrogens is 2. The number of nitrogens with zero attached hydrogens (tertiary/aromatic N) is 2. The molecule has 2 rings (SSSR count). The van der Waals surface area contributed by atoms with Gasteiger partial charge in [-0.2, -0.15) is 5.10 Å². The predicted octanol–water partition coefficient (Wildman–Crippen LogP) is 2.98. The smallest absolute Gasteiger partial charge is 0.256 e. The average Bonchev–Trinajstić information content (AvgIpc) is 2.87. The van der Waals surface area contributed by atoms with Crippen molar-refractivity contribution >= 4 is 38.9 Å². The van der Waals surface area contributed by atoms with Crippen molar-refractivity contribution in [2.24, 2.45) is 0 Å². The minimum Gasteiger partial charge on any atom is -0.319 e. The molecule has 0 unspecified atom stereocenters. The van der Waals surface area contributed by atoms with Crippen LogP contribution in [0.4, 0.5) is 5.69 Å². The maximum Gasteiger partial charge on any atom is 0.256 e. The van der Waals surface area contributed by atoms with Crippen LogP contribution in [-0.2, 0) is 6.54 Å². The minimum absolute atomic E-state index is 0.113. The summed E-state index contributed by atoms with van der Waals surface area (Å²) in [7, 11) is 0. The molecule has 4 nitrogen and oxygen atoms in total. The van der Waals surface area contributed by atoms with Crippen molar-refractivity contribution in [1.82, 2.24) is 9.78 Å². The van der Waals surface area contributed by atoms with Gasteiger partial charge < -0.3 is 5.32 Å². The normalized spacial score (nSPS) is 10.4. The summed E-state index contributed by atoms with van der Waals surface area (Å²) in [5.41, 5.74) is 1.37. The fourth-order valence-electron chi connectivity index (χ4n) is 1.23. The fraction of sp³-hybridized carbons (Fsp3) is 0.200. The van der Waals surface area contributed by atoms with E-state index in [9.17, 15) is 4.79 Å². The van der Waals surface area contributed by atoms with Crippen LogP contribution in [0.3, 0.4) is 0 Å². The standard InChI is InChI=1S/C10H10BrN3OS/c1-2-14-5-8(4-12-14)13-10(15)7-3-9(11)16-6-7/h3-6H,2H2,1H3,(H,13,15). The van der Waals surface area contributed by atoms with Crippen molar-refractivity contribution in [3.05, 3.63) is 33.2 Å². The Bertz CT molecular complexity index is 506. The molecule has 2 heterocycles. The monoisotopic (exact) mass is 299 g/mol. The topological polar surface area (TPSA) is 46.9 Å². The largest absolute Gasteiger partial charge is 0.319 e. The third-order valence-corrected chi connectivity index (χ3v) is 3.55. The third kappa shape index (κ3) is 2.51. The van der Waals surface area contributed by atoms with Crippen molar-refractivity contribution in [2.75, 3.05) is 5.32 Å². The molecule has 6 heteroatoms. The molecule has 0 aliphatic rings. The molecule has 0 aliphatic heterocycles. The number of halogens is 1. The summed E-state index contributed by atoms with van der Waals surface area (Å²) in [6.07, 6.45) is 3.45. The lowest BCUT2D eigenvalue weighted by Gasteiger charge is -1.98. The molecule has 84 valence electrons. The van der Waals surface area contributed by atoms with Crippen LogP contribution in [0.2, 0.25) is 0 Å². The molecule has 0 saturated carbocycles. The van der Waals surface area contributed by atoms with Crippen LogP contribution in [-0.4, -0.2) is 15.7 Å². The van der Waals surface area contributed by atoms with Gasteiger partial charge in [0.05, 0.1) is 21.2 Å². The molecule has 16 heavy (non-hydrogen) atoms. The molecule has 1 N–H and O–H groups in total. The molecule has 0 aromatic carbocycles. The molecule has 2 aromatic rings. The molecule has 0 atom stereocenters. The summed E-state index contributed by atoms with van der Waals surface area (Å²) in [6.45, 7) is 2.79. The van der Waals surface area contributed by atoms with Gasteiger partial charge in [0.25, 0.3) is 5.91 Å². The minimum atomic E-state index is -0.113. The lowest BCUT2D eigenvalue weighted by Crippen LogP contribution is -2.10. The number of anilines is 1. The molecule has 0 spiro atoms. The third-order valence-electron chi connectivity index (χ3n) is 2.04. The van der Waals surface area contributed by atoms with Crippen molar-refractivity contribution in [2.45, 2.75) is 13.5 Å². The van der Waals surface area contributed by atoms with E-state index < -0.39 is 0 Å². The molecule has 0 radical (unpaired) electrons. The number of nitrogens with one attached hydrogen (secondary N) is 1. The highest BCUT2D eigenvalue weighted by Crippen LogP contribution is 2.21.